The molecule has 1 aromatic heterocycles. The van der Waals surface area contributed by atoms with Crippen molar-refractivity contribution in [2.75, 3.05) is 11.9 Å². The molecule has 1 aromatic carbocycles. The molecule has 0 aliphatic heterocycles. The highest BCUT2D eigenvalue weighted by molar-refractivity contribution is 9.10. The summed E-state index contributed by atoms with van der Waals surface area (Å²) in [4.78, 5) is 27.6. The molecule has 0 bridgehead atoms. The van der Waals surface area contributed by atoms with E-state index in [0.717, 1.165) is 0 Å². The molecular formula is C14H14BrN3O3. The highest BCUT2D eigenvalue weighted by Gasteiger charge is 2.13. The second-order valence-electron chi connectivity index (χ2n) is 4.26. The van der Waals surface area contributed by atoms with Crippen molar-refractivity contribution in [2.45, 2.75) is 6.92 Å². The van der Waals surface area contributed by atoms with Crippen LogP contribution in [0.5, 0.6) is 0 Å². The Bertz CT molecular complexity index is 682. The number of aromatic nitrogens is 2. The Morgan fingerprint density at radius 1 is 1.43 bits per heavy atom. The lowest BCUT2D eigenvalue weighted by molar-refractivity contribution is 0.0526. The fourth-order valence-electron chi connectivity index (χ4n) is 1.72. The summed E-state index contributed by atoms with van der Waals surface area (Å²) in [5.74, 6) is -0.678. The van der Waals surface area contributed by atoms with Crippen molar-refractivity contribution in [2.24, 2.45) is 7.05 Å². The molecule has 1 N–H and O–H groups in total. The predicted octanol–water partition coefficient (Wildman–Crippen LogP) is 2.61. The minimum absolute atomic E-state index is 0.278. The monoisotopic (exact) mass is 351 g/mol. The van der Waals surface area contributed by atoms with Crippen LogP contribution in [-0.4, -0.2) is 28.0 Å². The average molecular weight is 352 g/mol. The standard InChI is InChI=1S/C14H14BrN3O3/c1-3-21-14(20)9-4-5-11(10(15)6-9)17-13(19)12-7-16-8-18(12)2/h4-8H,3H2,1-2H3,(H,17,19). The SMILES string of the molecule is CCOC(=O)c1ccc(NC(=O)c2cncn2C)c(Br)c1. The third-order valence-corrected chi connectivity index (χ3v) is 3.43. The van der Waals surface area contributed by atoms with Gasteiger partial charge in [0.2, 0.25) is 0 Å². The number of hydrogen-bond donors (Lipinski definition) is 1. The molecule has 0 fully saturated rings. The van der Waals surface area contributed by atoms with Crippen LogP contribution in [0, 0.1) is 0 Å². The van der Waals surface area contributed by atoms with Crippen LogP contribution in [0.2, 0.25) is 0 Å². The molecule has 1 amide bonds. The second-order valence-corrected chi connectivity index (χ2v) is 5.11. The summed E-state index contributed by atoms with van der Waals surface area (Å²) in [6.07, 6.45) is 3.03. The second kappa shape index (κ2) is 6.53. The summed E-state index contributed by atoms with van der Waals surface area (Å²) in [6.45, 7) is 2.06. The zero-order valence-electron chi connectivity index (χ0n) is 11.6. The maximum atomic E-state index is 12.1. The van der Waals surface area contributed by atoms with E-state index in [1.54, 1.807) is 43.1 Å². The van der Waals surface area contributed by atoms with Gasteiger partial charge in [0.15, 0.2) is 0 Å². The fourth-order valence-corrected chi connectivity index (χ4v) is 2.20. The lowest BCUT2D eigenvalue weighted by Crippen LogP contribution is -2.16. The Labute approximate surface area is 130 Å². The summed E-state index contributed by atoms with van der Waals surface area (Å²) in [6, 6.07) is 4.85. The fraction of sp³-hybridized carbons (Fsp3) is 0.214. The van der Waals surface area contributed by atoms with Gasteiger partial charge in [-0.2, -0.15) is 0 Å². The number of rotatable bonds is 4. The number of esters is 1. The minimum atomic E-state index is -0.400. The molecule has 110 valence electrons. The van der Waals surface area contributed by atoms with Crippen molar-refractivity contribution < 1.29 is 14.3 Å². The van der Waals surface area contributed by atoms with E-state index in [1.807, 2.05) is 0 Å². The van der Waals surface area contributed by atoms with Crippen LogP contribution in [0.3, 0.4) is 0 Å². The average Bonchev–Trinajstić information content (AvgIpc) is 2.87. The molecule has 2 rings (SSSR count). The van der Waals surface area contributed by atoms with Crippen molar-refractivity contribution in [3.8, 4) is 0 Å². The van der Waals surface area contributed by atoms with Crippen LogP contribution >= 0.6 is 15.9 Å². The molecule has 0 unspecified atom stereocenters. The number of nitrogens with zero attached hydrogens (tertiary/aromatic N) is 2. The topological polar surface area (TPSA) is 73.2 Å². The van der Waals surface area contributed by atoms with E-state index in [9.17, 15) is 9.59 Å². The summed E-state index contributed by atoms with van der Waals surface area (Å²) >= 11 is 3.33. The van der Waals surface area contributed by atoms with E-state index in [0.29, 0.717) is 28.0 Å². The highest BCUT2D eigenvalue weighted by atomic mass is 79.9. The van der Waals surface area contributed by atoms with Gasteiger partial charge < -0.3 is 14.6 Å². The first-order valence-corrected chi connectivity index (χ1v) is 7.06. The van der Waals surface area contributed by atoms with Crippen molar-refractivity contribution >= 4 is 33.5 Å². The quantitative estimate of drug-likeness (QED) is 0.859. The molecule has 21 heavy (non-hydrogen) atoms. The third kappa shape index (κ3) is 3.49. The molecule has 2 aromatic rings. The molecular weight excluding hydrogens is 338 g/mol. The first-order valence-electron chi connectivity index (χ1n) is 6.27. The predicted molar refractivity (Wildman–Crippen MR) is 81.3 cm³/mol. The van der Waals surface area contributed by atoms with Crippen molar-refractivity contribution in [1.29, 1.82) is 0 Å². The van der Waals surface area contributed by atoms with Crippen molar-refractivity contribution in [3.63, 3.8) is 0 Å². The molecule has 0 radical (unpaired) electrons. The Balaban J connectivity index is 2.16. The normalized spacial score (nSPS) is 10.2. The Kier molecular flexibility index (Phi) is 4.74. The summed E-state index contributed by atoms with van der Waals surface area (Å²) < 4.78 is 7.14. The number of aryl methyl sites for hydroxylation is 1. The van der Waals surface area contributed by atoms with Gasteiger partial charge in [-0.1, -0.05) is 0 Å². The van der Waals surface area contributed by atoms with E-state index < -0.39 is 5.97 Å². The molecule has 0 spiro atoms. The van der Waals surface area contributed by atoms with E-state index in [-0.39, 0.29) is 5.91 Å². The number of ether oxygens (including phenoxy) is 1. The Hall–Kier alpha value is -2.15. The number of nitrogens with one attached hydrogen (secondary N) is 1. The van der Waals surface area contributed by atoms with Crippen LogP contribution in [0.15, 0.2) is 35.2 Å². The Morgan fingerprint density at radius 2 is 2.19 bits per heavy atom. The molecule has 1 heterocycles. The van der Waals surface area contributed by atoms with Crippen LogP contribution in [-0.2, 0) is 11.8 Å². The lowest BCUT2D eigenvalue weighted by atomic mass is 10.2. The number of carbonyl (C=O) groups excluding carboxylic acids is 2. The van der Waals surface area contributed by atoms with Gasteiger partial charge >= 0.3 is 5.97 Å². The van der Waals surface area contributed by atoms with Gasteiger partial charge in [-0.15, -0.1) is 0 Å². The van der Waals surface area contributed by atoms with E-state index in [2.05, 4.69) is 26.2 Å². The van der Waals surface area contributed by atoms with Gasteiger partial charge in [-0.05, 0) is 41.1 Å². The van der Waals surface area contributed by atoms with Crippen LogP contribution < -0.4 is 5.32 Å². The van der Waals surface area contributed by atoms with Gasteiger partial charge in [0, 0.05) is 11.5 Å². The minimum Gasteiger partial charge on any atom is -0.462 e. The first kappa shape index (κ1) is 15.2. The molecule has 6 nitrogen and oxygen atoms in total. The molecule has 0 atom stereocenters. The van der Waals surface area contributed by atoms with Gasteiger partial charge in [-0.25, -0.2) is 9.78 Å². The number of imidazole rings is 1. The third-order valence-electron chi connectivity index (χ3n) is 2.78. The summed E-state index contributed by atoms with van der Waals surface area (Å²) in [5.41, 5.74) is 1.42. The summed E-state index contributed by atoms with van der Waals surface area (Å²) in [5, 5.41) is 2.75. The van der Waals surface area contributed by atoms with Crippen LogP contribution in [0.4, 0.5) is 5.69 Å². The number of carbonyl (C=O) groups is 2. The van der Waals surface area contributed by atoms with Crippen molar-refractivity contribution in [1.82, 2.24) is 9.55 Å². The summed E-state index contributed by atoms with van der Waals surface area (Å²) in [7, 11) is 1.74. The van der Waals surface area contributed by atoms with Crippen LogP contribution in [0.25, 0.3) is 0 Å². The smallest absolute Gasteiger partial charge is 0.338 e. The van der Waals surface area contributed by atoms with Gasteiger partial charge in [0.25, 0.3) is 5.91 Å². The van der Waals surface area contributed by atoms with Gasteiger partial charge in [-0.3, -0.25) is 4.79 Å². The molecule has 0 saturated heterocycles. The van der Waals surface area contributed by atoms with E-state index >= 15 is 0 Å². The van der Waals surface area contributed by atoms with Crippen LogP contribution in [0.1, 0.15) is 27.8 Å². The number of amides is 1. The number of anilines is 1. The largest absolute Gasteiger partial charge is 0.462 e. The molecule has 7 heteroatoms. The van der Waals surface area contributed by atoms with E-state index in [1.165, 1.54) is 6.20 Å². The van der Waals surface area contributed by atoms with E-state index in [4.69, 9.17) is 4.74 Å². The highest BCUT2D eigenvalue weighted by Crippen LogP contribution is 2.24. The maximum Gasteiger partial charge on any atom is 0.338 e. The number of halogens is 1. The molecule has 0 aliphatic carbocycles. The molecule has 0 aliphatic rings. The Morgan fingerprint density at radius 3 is 2.76 bits per heavy atom. The first-order chi connectivity index (χ1) is 10.0. The van der Waals surface area contributed by atoms with Gasteiger partial charge in [0.05, 0.1) is 30.4 Å². The number of benzene rings is 1. The lowest BCUT2D eigenvalue weighted by Gasteiger charge is -2.09. The maximum absolute atomic E-state index is 12.1. The van der Waals surface area contributed by atoms with Gasteiger partial charge in [0.1, 0.15) is 5.69 Å². The van der Waals surface area contributed by atoms with Crippen molar-refractivity contribution in [3.05, 3.63) is 46.5 Å². The molecule has 0 saturated carbocycles. The zero-order valence-corrected chi connectivity index (χ0v) is 13.2. The number of hydrogen-bond acceptors (Lipinski definition) is 4. The zero-order chi connectivity index (χ0) is 15.4.